The summed E-state index contributed by atoms with van der Waals surface area (Å²) in [5, 5.41) is 0. The average Bonchev–Trinajstić information content (AvgIpc) is 2.38. The molecule has 0 heterocycles. The topological polar surface area (TPSA) is 29.3 Å². The Morgan fingerprint density at radius 1 is 1.00 bits per heavy atom. The van der Waals surface area contributed by atoms with Gasteiger partial charge in [-0.15, -0.1) is 0 Å². The number of nitrogens with two attached hydrogens (primary N) is 1. The molecule has 0 aliphatic rings. The van der Waals surface area contributed by atoms with Gasteiger partial charge in [-0.3, -0.25) is 0 Å². The molecule has 0 aliphatic heterocycles. The third-order valence-corrected chi connectivity index (χ3v) is 3.31. The zero-order valence-electron chi connectivity index (χ0n) is 11.1. The first-order valence-corrected chi connectivity index (χ1v) is 6.28. The zero-order valence-corrected chi connectivity index (χ0v) is 11.1. The smallest absolute Gasteiger partial charge is 0.0365 e. The first kappa shape index (κ1) is 12.5. The van der Waals surface area contributed by atoms with E-state index in [1.165, 1.54) is 16.8 Å². The predicted octanol–water partition coefficient (Wildman–Crippen LogP) is 3.26. The average molecular weight is 240 g/mol. The van der Waals surface area contributed by atoms with Crippen LogP contribution in [0.25, 0.3) is 0 Å². The second-order valence-corrected chi connectivity index (χ2v) is 4.69. The van der Waals surface area contributed by atoms with Crippen LogP contribution in [-0.4, -0.2) is 13.6 Å². The molecule has 2 N–H and O–H groups in total. The molecular weight excluding hydrogens is 220 g/mol. The maximum atomic E-state index is 5.69. The highest BCUT2D eigenvalue weighted by molar-refractivity contribution is 5.52. The van der Waals surface area contributed by atoms with E-state index in [0.717, 1.165) is 18.7 Å². The Morgan fingerprint density at radius 3 is 2.33 bits per heavy atom. The summed E-state index contributed by atoms with van der Waals surface area (Å²) in [5.41, 5.74) is 10.5. The Balaban J connectivity index is 1.98. The standard InChI is InChI=1S/C16H20N2/c1-13-5-3-4-6-14(13)11-12-18(2)16-9-7-15(17)8-10-16/h3-10H,11-12,17H2,1-2H3. The molecule has 0 aromatic heterocycles. The Bertz CT molecular complexity index is 503. The van der Waals surface area contributed by atoms with Crippen LogP contribution < -0.4 is 10.6 Å². The molecule has 0 fully saturated rings. The Hall–Kier alpha value is -1.96. The quantitative estimate of drug-likeness (QED) is 0.831. The van der Waals surface area contributed by atoms with Crippen molar-refractivity contribution in [1.29, 1.82) is 0 Å². The first-order chi connectivity index (χ1) is 8.66. The van der Waals surface area contributed by atoms with Crippen molar-refractivity contribution in [3.8, 4) is 0 Å². The predicted molar refractivity (Wildman–Crippen MR) is 79.0 cm³/mol. The minimum absolute atomic E-state index is 0.811. The molecule has 2 aromatic rings. The second-order valence-electron chi connectivity index (χ2n) is 4.69. The van der Waals surface area contributed by atoms with Gasteiger partial charge in [-0.25, -0.2) is 0 Å². The summed E-state index contributed by atoms with van der Waals surface area (Å²) in [4.78, 5) is 2.26. The van der Waals surface area contributed by atoms with Gasteiger partial charge in [-0.1, -0.05) is 24.3 Å². The fraction of sp³-hybridized carbons (Fsp3) is 0.250. The summed E-state index contributed by atoms with van der Waals surface area (Å²) in [6, 6.07) is 16.6. The van der Waals surface area contributed by atoms with E-state index in [2.05, 4.69) is 55.3 Å². The lowest BCUT2D eigenvalue weighted by Gasteiger charge is -2.20. The minimum Gasteiger partial charge on any atom is -0.399 e. The number of hydrogen-bond donors (Lipinski definition) is 1. The molecule has 2 nitrogen and oxygen atoms in total. The molecule has 2 aromatic carbocycles. The van der Waals surface area contributed by atoms with Crippen LogP contribution in [0.5, 0.6) is 0 Å². The van der Waals surface area contributed by atoms with Crippen molar-refractivity contribution < 1.29 is 0 Å². The third kappa shape index (κ3) is 3.04. The summed E-state index contributed by atoms with van der Waals surface area (Å²) in [7, 11) is 2.11. The van der Waals surface area contributed by atoms with E-state index in [0.29, 0.717) is 0 Å². The molecule has 2 rings (SSSR count). The lowest BCUT2D eigenvalue weighted by Crippen LogP contribution is -2.20. The van der Waals surface area contributed by atoms with Crippen LogP contribution in [0.3, 0.4) is 0 Å². The summed E-state index contributed by atoms with van der Waals surface area (Å²) < 4.78 is 0. The van der Waals surface area contributed by atoms with Gasteiger partial charge in [0.05, 0.1) is 0 Å². The maximum Gasteiger partial charge on any atom is 0.0365 e. The van der Waals surface area contributed by atoms with E-state index in [1.54, 1.807) is 0 Å². The van der Waals surface area contributed by atoms with Crippen LogP contribution in [0.1, 0.15) is 11.1 Å². The highest BCUT2D eigenvalue weighted by Gasteiger charge is 2.02. The normalized spacial score (nSPS) is 10.3. The van der Waals surface area contributed by atoms with Crippen LogP contribution in [0.15, 0.2) is 48.5 Å². The molecule has 0 bridgehead atoms. The van der Waals surface area contributed by atoms with Crippen molar-refractivity contribution in [3.63, 3.8) is 0 Å². The first-order valence-electron chi connectivity index (χ1n) is 6.28. The van der Waals surface area contributed by atoms with E-state index in [4.69, 9.17) is 5.73 Å². The largest absolute Gasteiger partial charge is 0.399 e. The SMILES string of the molecule is Cc1ccccc1CCN(C)c1ccc(N)cc1. The lowest BCUT2D eigenvalue weighted by molar-refractivity contribution is 0.872. The lowest BCUT2D eigenvalue weighted by atomic mass is 10.1. The van der Waals surface area contributed by atoms with Crippen LogP contribution in [0.4, 0.5) is 11.4 Å². The molecule has 0 saturated carbocycles. The number of aryl methyl sites for hydroxylation is 1. The number of likely N-dealkylation sites (N-methyl/N-ethyl adjacent to an activating group) is 1. The van der Waals surface area contributed by atoms with Crippen LogP contribution in [0.2, 0.25) is 0 Å². The molecule has 18 heavy (non-hydrogen) atoms. The zero-order chi connectivity index (χ0) is 13.0. The fourth-order valence-corrected chi connectivity index (χ4v) is 2.04. The van der Waals surface area contributed by atoms with Gasteiger partial charge >= 0.3 is 0 Å². The summed E-state index contributed by atoms with van der Waals surface area (Å²) in [5.74, 6) is 0. The van der Waals surface area contributed by atoms with Gasteiger partial charge in [0, 0.05) is 25.0 Å². The summed E-state index contributed by atoms with van der Waals surface area (Å²) in [6.45, 7) is 3.17. The molecular formula is C16H20N2. The molecule has 0 radical (unpaired) electrons. The molecule has 0 aliphatic carbocycles. The van der Waals surface area contributed by atoms with Gasteiger partial charge < -0.3 is 10.6 Å². The Kier molecular flexibility index (Phi) is 3.88. The maximum absolute atomic E-state index is 5.69. The fourth-order valence-electron chi connectivity index (χ4n) is 2.04. The number of anilines is 2. The van der Waals surface area contributed by atoms with Crippen molar-refractivity contribution >= 4 is 11.4 Å². The molecule has 2 heteroatoms. The monoisotopic (exact) mass is 240 g/mol. The van der Waals surface area contributed by atoms with Crippen molar-refractivity contribution in [2.45, 2.75) is 13.3 Å². The van der Waals surface area contributed by atoms with E-state index in [9.17, 15) is 0 Å². The number of benzene rings is 2. The van der Waals surface area contributed by atoms with E-state index >= 15 is 0 Å². The number of nitrogen functional groups attached to an aromatic ring is 1. The molecule has 0 saturated heterocycles. The Labute approximate surface area is 109 Å². The second kappa shape index (κ2) is 5.58. The van der Waals surface area contributed by atoms with Crippen LogP contribution in [-0.2, 0) is 6.42 Å². The van der Waals surface area contributed by atoms with Gasteiger partial charge in [-0.05, 0) is 48.7 Å². The van der Waals surface area contributed by atoms with Gasteiger partial charge in [0.15, 0.2) is 0 Å². The number of nitrogens with zero attached hydrogens (tertiary/aromatic N) is 1. The van der Waals surface area contributed by atoms with E-state index < -0.39 is 0 Å². The van der Waals surface area contributed by atoms with Crippen LogP contribution in [0, 0.1) is 6.92 Å². The summed E-state index contributed by atoms with van der Waals surface area (Å²) >= 11 is 0. The third-order valence-electron chi connectivity index (χ3n) is 3.31. The van der Waals surface area contributed by atoms with Crippen molar-refractivity contribution in [1.82, 2.24) is 0 Å². The van der Waals surface area contributed by atoms with Crippen molar-refractivity contribution in [3.05, 3.63) is 59.7 Å². The van der Waals surface area contributed by atoms with Crippen LogP contribution >= 0.6 is 0 Å². The van der Waals surface area contributed by atoms with E-state index in [1.807, 2.05) is 12.1 Å². The molecule has 0 spiro atoms. The molecule has 0 amide bonds. The summed E-state index contributed by atoms with van der Waals surface area (Å²) in [6.07, 6.45) is 1.06. The molecule has 0 unspecified atom stereocenters. The van der Waals surface area contributed by atoms with Crippen molar-refractivity contribution in [2.75, 3.05) is 24.2 Å². The van der Waals surface area contributed by atoms with Gasteiger partial charge in [0.25, 0.3) is 0 Å². The highest BCUT2D eigenvalue weighted by Crippen LogP contribution is 2.16. The molecule has 94 valence electrons. The van der Waals surface area contributed by atoms with Gasteiger partial charge in [0.1, 0.15) is 0 Å². The van der Waals surface area contributed by atoms with Gasteiger partial charge in [0.2, 0.25) is 0 Å². The van der Waals surface area contributed by atoms with Gasteiger partial charge in [-0.2, -0.15) is 0 Å². The number of hydrogen-bond acceptors (Lipinski definition) is 2. The van der Waals surface area contributed by atoms with Crippen molar-refractivity contribution in [2.24, 2.45) is 0 Å². The number of rotatable bonds is 4. The minimum atomic E-state index is 0.811. The van der Waals surface area contributed by atoms with E-state index in [-0.39, 0.29) is 0 Å². The Morgan fingerprint density at radius 2 is 1.67 bits per heavy atom. The molecule has 0 atom stereocenters. The highest BCUT2D eigenvalue weighted by atomic mass is 15.1.